The molecule has 0 aromatic carbocycles. The zero-order chi connectivity index (χ0) is 13.9. The maximum atomic E-state index is 11.9. The summed E-state index contributed by atoms with van der Waals surface area (Å²) in [5, 5.41) is 11.8. The molecule has 0 saturated heterocycles. The number of carbonyl (C=O) groups excluding carboxylic acids is 1. The molecule has 0 aliphatic rings. The van der Waals surface area contributed by atoms with Gasteiger partial charge in [0.25, 0.3) is 0 Å². The summed E-state index contributed by atoms with van der Waals surface area (Å²) in [6.45, 7) is 11.5. The van der Waals surface area contributed by atoms with Crippen LogP contribution in [0, 0.1) is 11.3 Å². The molecule has 1 unspecified atom stereocenters. The molecule has 4 heteroatoms. The monoisotopic (exact) mass is 243 g/mol. The zero-order valence-corrected chi connectivity index (χ0v) is 11.8. The van der Waals surface area contributed by atoms with E-state index in [0.717, 1.165) is 0 Å². The molecule has 0 spiro atoms. The van der Waals surface area contributed by atoms with Gasteiger partial charge in [-0.25, -0.2) is 0 Å². The lowest BCUT2D eigenvalue weighted by Crippen LogP contribution is -2.43. The van der Waals surface area contributed by atoms with Gasteiger partial charge in [0.15, 0.2) is 0 Å². The summed E-state index contributed by atoms with van der Waals surface area (Å²) < 4.78 is 0. The van der Waals surface area contributed by atoms with Crippen LogP contribution in [0.2, 0.25) is 0 Å². The molecule has 0 aliphatic heterocycles. The minimum atomic E-state index is -0.857. The SMILES string of the molecule is CC(C)C(C)(CC(=O)O)CC(=O)NC(C)(C)C. The second-order valence-electron chi connectivity index (χ2n) is 6.35. The third kappa shape index (κ3) is 6.29. The van der Waals surface area contributed by atoms with Crippen molar-refractivity contribution in [3.05, 3.63) is 0 Å². The highest BCUT2D eigenvalue weighted by Gasteiger charge is 2.34. The van der Waals surface area contributed by atoms with Crippen molar-refractivity contribution in [2.75, 3.05) is 0 Å². The number of carboxylic acids is 1. The van der Waals surface area contributed by atoms with Crippen molar-refractivity contribution in [2.45, 2.75) is 59.9 Å². The van der Waals surface area contributed by atoms with Crippen LogP contribution in [-0.2, 0) is 9.59 Å². The van der Waals surface area contributed by atoms with E-state index in [1.54, 1.807) is 0 Å². The second-order valence-corrected chi connectivity index (χ2v) is 6.35. The van der Waals surface area contributed by atoms with Crippen LogP contribution >= 0.6 is 0 Å². The summed E-state index contributed by atoms with van der Waals surface area (Å²) in [5.41, 5.74) is -0.778. The maximum absolute atomic E-state index is 11.9. The van der Waals surface area contributed by atoms with E-state index in [1.807, 2.05) is 41.5 Å². The molecule has 100 valence electrons. The molecule has 0 radical (unpaired) electrons. The first kappa shape index (κ1) is 15.9. The molecule has 4 nitrogen and oxygen atoms in total. The number of hydrogen-bond acceptors (Lipinski definition) is 2. The number of aliphatic carboxylic acids is 1. The van der Waals surface area contributed by atoms with Crippen LogP contribution in [0.5, 0.6) is 0 Å². The van der Waals surface area contributed by atoms with Crippen LogP contribution in [0.3, 0.4) is 0 Å². The summed E-state index contributed by atoms with van der Waals surface area (Å²) in [4.78, 5) is 22.7. The highest BCUT2D eigenvalue weighted by atomic mass is 16.4. The molecule has 1 amide bonds. The van der Waals surface area contributed by atoms with Gasteiger partial charge in [0, 0.05) is 12.0 Å². The Hall–Kier alpha value is -1.06. The van der Waals surface area contributed by atoms with Crippen LogP contribution in [0.4, 0.5) is 0 Å². The highest BCUT2D eigenvalue weighted by Crippen LogP contribution is 2.34. The van der Waals surface area contributed by atoms with Crippen LogP contribution < -0.4 is 5.32 Å². The van der Waals surface area contributed by atoms with Crippen molar-refractivity contribution >= 4 is 11.9 Å². The van der Waals surface area contributed by atoms with Gasteiger partial charge in [-0.3, -0.25) is 9.59 Å². The summed E-state index contributed by atoms with van der Waals surface area (Å²) in [6, 6.07) is 0. The number of rotatable bonds is 5. The fourth-order valence-electron chi connectivity index (χ4n) is 1.65. The van der Waals surface area contributed by atoms with E-state index in [1.165, 1.54) is 0 Å². The van der Waals surface area contributed by atoms with Crippen molar-refractivity contribution in [3.8, 4) is 0 Å². The maximum Gasteiger partial charge on any atom is 0.303 e. The third-order valence-electron chi connectivity index (χ3n) is 3.03. The number of hydrogen-bond donors (Lipinski definition) is 2. The minimum absolute atomic E-state index is 0.0161. The Kier molecular flexibility index (Phi) is 5.17. The first-order chi connectivity index (χ1) is 7.46. The van der Waals surface area contributed by atoms with E-state index < -0.39 is 11.4 Å². The molecule has 0 rings (SSSR count). The molecule has 0 aliphatic carbocycles. The molecule has 0 heterocycles. The molecule has 0 aromatic rings. The van der Waals surface area contributed by atoms with Gasteiger partial charge in [-0.15, -0.1) is 0 Å². The zero-order valence-electron chi connectivity index (χ0n) is 11.8. The van der Waals surface area contributed by atoms with Gasteiger partial charge in [-0.1, -0.05) is 20.8 Å². The predicted octanol–water partition coefficient (Wildman–Crippen LogP) is 2.43. The van der Waals surface area contributed by atoms with Gasteiger partial charge in [0.2, 0.25) is 5.91 Å². The molecule has 0 saturated carbocycles. The quantitative estimate of drug-likeness (QED) is 0.779. The average Bonchev–Trinajstić information content (AvgIpc) is 1.96. The van der Waals surface area contributed by atoms with Crippen molar-refractivity contribution < 1.29 is 14.7 Å². The highest BCUT2D eigenvalue weighted by molar-refractivity contribution is 5.78. The lowest BCUT2D eigenvalue weighted by Gasteiger charge is -2.33. The molecular weight excluding hydrogens is 218 g/mol. The topological polar surface area (TPSA) is 66.4 Å². The van der Waals surface area contributed by atoms with Gasteiger partial charge in [0.05, 0.1) is 6.42 Å². The molecular formula is C13H25NO3. The van der Waals surface area contributed by atoms with Crippen molar-refractivity contribution in [1.29, 1.82) is 0 Å². The first-order valence-corrected chi connectivity index (χ1v) is 5.99. The Morgan fingerprint density at radius 2 is 1.59 bits per heavy atom. The average molecular weight is 243 g/mol. The standard InChI is InChI=1S/C13H25NO3/c1-9(2)13(6,8-11(16)17)7-10(15)14-12(3,4)5/h9H,7-8H2,1-6H3,(H,14,15)(H,16,17). The van der Waals surface area contributed by atoms with E-state index in [4.69, 9.17) is 5.11 Å². The summed E-state index contributed by atoms with van der Waals surface area (Å²) in [6.07, 6.45) is 0.260. The van der Waals surface area contributed by atoms with Crippen molar-refractivity contribution in [3.63, 3.8) is 0 Å². The summed E-state index contributed by atoms with van der Waals surface area (Å²) in [7, 11) is 0. The van der Waals surface area contributed by atoms with Gasteiger partial charge >= 0.3 is 5.97 Å². The summed E-state index contributed by atoms with van der Waals surface area (Å²) in [5.74, 6) is -0.802. The molecule has 0 bridgehead atoms. The Morgan fingerprint density at radius 3 is 1.88 bits per heavy atom. The molecule has 1 atom stereocenters. The third-order valence-corrected chi connectivity index (χ3v) is 3.03. The molecule has 17 heavy (non-hydrogen) atoms. The largest absolute Gasteiger partial charge is 0.481 e. The lowest BCUT2D eigenvalue weighted by molar-refractivity contribution is -0.141. The number of nitrogens with one attached hydrogen (secondary N) is 1. The number of amides is 1. The van der Waals surface area contributed by atoms with E-state index in [0.29, 0.717) is 0 Å². The van der Waals surface area contributed by atoms with Crippen LogP contribution in [0.1, 0.15) is 54.4 Å². The van der Waals surface area contributed by atoms with E-state index in [2.05, 4.69) is 5.32 Å². The molecule has 2 N–H and O–H groups in total. The Morgan fingerprint density at radius 1 is 1.12 bits per heavy atom. The van der Waals surface area contributed by atoms with E-state index >= 15 is 0 Å². The minimum Gasteiger partial charge on any atom is -0.481 e. The van der Waals surface area contributed by atoms with Crippen molar-refractivity contribution in [1.82, 2.24) is 5.32 Å². The summed E-state index contributed by atoms with van der Waals surface area (Å²) >= 11 is 0. The normalized spacial score (nSPS) is 15.5. The predicted molar refractivity (Wildman–Crippen MR) is 67.7 cm³/mol. The van der Waals surface area contributed by atoms with Gasteiger partial charge < -0.3 is 10.4 Å². The van der Waals surface area contributed by atoms with Gasteiger partial charge in [-0.2, -0.15) is 0 Å². The number of carbonyl (C=O) groups is 2. The molecule has 0 fully saturated rings. The second kappa shape index (κ2) is 5.52. The fraction of sp³-hybridized carbons (Fsp3) is 0.846. The van der Waals surface area contributed by atoms with Crippen LogP contribution in [0.15, 0.2) is 0 Å². The fourth-order valence-corrected chi connectivity index (χ4v) is 1.65. The Labute approximate surface area is 104 Å². The lowest BCUT2D eigenvalue weighted by atomic mass is 9.73. The number of carboxylic acid groups (broad SMARTS) is 1. The first-order valence-electron chi connectivity index (χ1n) is 5.99. The smallest absolute Gasteiger partial charge is 0.303 e. The van der Waals surface area contributed by atoms with Crippen LogP contribution in [0.25, 0.3) is 0 Å². The Balaban J connectivity index is 4.66. The van der Waals surface area contributed by atoms with E-state index in [9.17, 15) is 9.59 Å². The van der Waals surface area contributed by atoms with Crippen molar-refractivity contribution in [2.24, 2.45) is 11.3 Å². The molecule has 0 aromatic heterocycles. The Bertz CT molecular complexity index is 292. The van der Waals surface area contributed by atoms with Crippen LogP contribution in [-0.4, -0.2) is 22.5 Å². The van der Waals surface area contributed by atoms with E-state index in [-0.39, 0.29) is 30.2 Å². The van der Waals surface area contributed by atoms with Gasteiger partial charge in [-0.05, 0) is 32.1 Å². The van der Waals surface area contributed by atoms with Gasteiger partial charge in [0.1, 0.15) is 0 Å².